The average molecular weight is 693 g/mol. The molecule has 0 fully saturated rings. The van der Waals surface area contributed by atoms with Crippen molar-refractivity contribution in [2.24, 2.45) is 11.8 Å². The van der Waals surface area contributed by atoms with Gasteiger partial charge in [0.05, 0.1) is 13.2 Å². The third-order valence-electron chi connectivity index (χ3n) is 10.6. The van der Waals surface area contributed by atoms with Crippen LogP contribution >= 0.6 is 0 Å². The van der Waals surface area contributed by atoms with Crippen molar-refractivity contribution in [2.45, 2.75) is 252 Å². The maximum absolute atomic E-state index is 12.4. The van der Waals surface area contributed by atoms with Gasteiger partial charge in [-0.2, -0.15) is 0 Å². The molecule has 0 aliphatic rings. The number of carbonyl (C=O) groups excluding carboxylic acids is 2. The summed E-state index contributed by atoms with van der Waals surface area (Å²) in [6.07, 6.45) is 42.7. The Labute approximate surface area is 307 Å². The quantitative estimate of drug-likeness (QED) is 0.0474. The number of esters is 2. The number of rotatable bonds is 40. The fraction of sp³-hybridized carbons (Fsp3) is 0.956. The standard InChI is InChI=1S/C45H88O4/c1-5-9-13-17-24-30-36-42(34-28-15-11-7-3)40-48-44(46)38-32-26-22-20-19-21-23-27-33-39-45(47)49-41-43(35-29-16-12-8-4)37-31-25-18-14-10-6-2/h42-43H,5-41H2,1-4H3. The van der Waals surface area contributed by atoms with Crippen molar-refractivity contribution in [3.8, 4) is 0 Å². The molecule has 2 unspecified atom stereocenters. The fourth-order valence-electron chi connectivity index (χ4n) is 7.11. The largest absolute Gasteiger partial charge is 0.465 e. The SMILES string of the molecule is CCCCCCCCC(CCCCCC)COC(=O)CCCCCCCCCCCC(=O)OCC(CCCCCC)CCCCCCCC. The molecule has 2 atom stereocenters. The lowest BCUT2D eigenvalue weighted by Gasteiger charge is -2.17. The minimum Gasteiger partial charge on any atom is -0.465 e. The topological polar surface area (TPSA) is 52.6 Å². The second-order valence-electron chi connectivity index (χ2n) is 15.6. The molecular weight excluding hydrogens is 604 g/mol. The number of carbonyl (C=O) groups is 2. The highest BCUT2D eigenvalue weighted by molar-refractivity contribution is 5.69. The van der Waals surface area contributed by atoms with Crippen LogP contribution in [0.15, 0.2) is 0 Å². The van der Waals surface area contributed by atoms with Gasteiger partial charge in [0.25, 0.3) is 0 Å². The summed E-state index contributed by atoms with van der Waals surface area (Å²) in [5, 5.41) is 0. The summed E-state index contributed by atoms with van der Waals surface area (Å²) in [7, 11) is 0. The van der Waals surface area contributed by atoms with Gasteiger partial charge in [0.15, 0.2) is 0 Å². The molecule has 49 heavy (non-hydrogen) atoms. The van der Waals surface area contributed by atoms with Gasteiger partial charge in [-0.3, -0.25) is 9.59 Å². The van der Waals surface area contributed by atoms with Crippen LogP contribution in [0.25, 0.3) is 0 Å². The van der Waals surface area contributed by atoms with Gasteiger partial charge >= 0.3 is 11.9 Å². The summed E-state index contributed by atoms with van der Waals surface area (Å²) in [5.74, 6) is 1.13. The van der Waals surface area contributed by atoms with E-state index < -0.39 is 0 Å². The van der Waals surface area contributed by atoms with E-state index >= 15 is 0 Å². The van der Waals surface area contributed by atoms with Gasteiger partial charge in [-0.25, -0.2) is 0 Å². The predicted molar refractivity (Wildman–Crippen MR) is 213 cm³/mol. The van der Waals surface area contributed by atoms with E-state index in [2.05, 4.69) is 27.7 Å². The van der Waals surface area contributed by atoms with Crippen molar-refractivity contribution in [1.29, 1.82) is 0 Å². The highest BCUT2D eigenvalue weighted by atomic mass is 16.5. The molecule has 0 saturated heterocycles. The van der Waals surface area contributed by atoms with Gasteiger partial charge < -0.3 is 9.47 Å². The van der Waals surface area contributed by atoms with E-state index in [0.717, 1.165) is 25.7 Å². The highest BCUT2D eigenvalue weighted by Crippen LogP contribution is 2.22. The number of hydrogen-bond acceptors (Lipinski definition) is 4. The molecule has 0 amide bonds. The maximum Gasteiger partial charge on any atom is 0.305 e. The normalized spacial score (nSPS) is 12.7. The summed E-state index contributed by atoms with van der Waals surface area (Å²) in [6, 6.07) is 0. The predicted octanol–water partition coefficient (Wildman–Crippen LogP) is 15.0. The molecule has 0 heterocycles. The highest BCUT2D eigenvalue weighted by Gasteiger charge is 2.14. The first-order chi connectivity index (χ1) is 24.1. The molecule has 292 valence electrons. The van der Waals surface area contributed by atoms with E-state index in [9.17, 15) is 9.59 Å². The summed E-state index contributed by atoms with van der Waals surface area (Å²) >= 11 is 0. The Morgan fingerprint density at radius 2 is 0.551 bits per heavy atom. The van der Waals surface area contributed by atoms with Crippen LogP contribution < -0.4 is 0 Å². The Kier molecular flexibility index (Phi) is 38.9. The zero-order valence-electron chi connectivity index (χ0n) is 34.0. The fourth-order valence-corrected chi connectivity index (χ4v) is 7.11. The van der Waals surface area contributed by atoms with Gasteiger partial charge in [0, 0.05) is 12.8 Å². The second kappa shape index (κ2) is 39.7. The van der Waals surface area contributed by atoms with Crippen molar-refractivity contribution in [3.63, 3.8) is 0 Å². The third-order valence-corrected chi connectivity index (χ3v) is 10.6. The number of unbranched alkanes of at least 4 members (excludes halogenated alkanes) is 24. The molecule has 0 rings (SSSR count). The maximum atomic E-state index is 12.4. The smallest absolute Gasteiger partial charge is 0.305 e. The lowest BCUT2D eigenvalue weighted by atomic mass is 9.95. The van der Waals surface area contributed by atoms with Crippen molar-refractivity contribution in [1.82, 2.24) is 0 Å². The lowest BCUT2D eigenvalue weighted by molar-refractivity contribution is -0.146. The Hall–Kier alpha value is -1.06. The molecule has 0 aromatic heterocycles. The molecule has 0 aromatic rings. The second-order valence-corrected chi connectivity index (χ2v) is 15.6. The summed E-state index contributed by atoms with van der Waals surface area (Å²) in [4.78, 5) is 24.8. The first-order valence-corrected chi connectivity index (χ1v) is 22.4. The molecule has 0 N–H and O–H groups in total. The van der Waals surface area contributed by atoms with Gasteiger partial charge in [-0.15, -0.1) is 0 Å². The van der Waals surface area contributed by atoms with E-state index in [-0.39, 0.29) is 11.9 Å². The van der Waals surface area contributed by atoms with Crippen LogP contribution in [0, 0.1) is 11.8 Å². The molecule has 4 nitrogen and oxygen atoms in total. The molecule has 0 saturated carbocycles. The summed E-state index contributed by atoms with van der Waals surface area (Å²) < 4.78 is 11.5. The van der Waals surface area contributed by atoms with Crippen LogP contribution in [-0.4, -0.2) is 25.2 Å². The summed E-state index contributed by atoms with van der Waals surface area (Å²) in [6.45, 7) is 10.3. The minimum absolute atomic E-state index is 0.0142. The van der Waals surface area contributed by atoms with E-state index in [4.69, 9.17) is 9.47 Å². The molecule has 0 radical (unpaired) electrons. The number of hydrogen-bond donors (Lipinski definition) is 0. The molecule has 0 bridgehead atoms. The lowest BCUT2D eigenvalue weighted by Crippen LogP contribution is -2.14. The van der Waals surface area contributed by atoms with Crippen LogP contribution in [0.5, 0.6) is 0 Å². The van der Waals surface area contributed by atoms with Crippen LogP contribution in [0.4, 0.5) is 0 Å². The molecular formula is C45H88O4. The molecule has 0 aliphatic carbocycles. The van der Waals surface area contributed by atoms with Crippen LogP contribution in [0.1, 0.15) is 252 Å². The van der Waals surface area contributed by atoms with Crippen LogP contribution in [-0.2, 0) is 19.1 Å². The van der Waals surface area contributed by atoms with Gasteiger partial charge in [0.2, 0.25) is 0 Å². The minimum atomic E-state index is 0.0142. The van der Waals surface area contributed by atoms with E-state index in [1.807, 2.05) is 0 Å². The van der Waals surface area contributed by atoms with Gasteiger partial charge in [0.1, 0.15) is 0 Å². The Morgan fingerprint density at radius 3 is 0.837 bits per heavy atom. The Bertz CT molecular complexity index is 621. The number of ether oxygens (including phenoxy) is 2. The first kappa shape index (κ1) is 47.9. The van der Waals surface area contributed by atoms with Crippen molar-refractivity contribution in [3.05, 3.63) is 0 Å². The molecule has 0 spiro atoms. The van der Waals surface area contributed by atoms with Gasteiger partial charge in [-0.1, -0.05) is 201 Å². The zero-order chi connectivity index (χ0) is 35.9. The molecule has 4 heteroatoms. The van der Waals surface area contributed by atoms with Crippen LogP contribution in [0.3, 0.4) is 0 Å². The van der Waals surface area contributed by atoms with Gasteiger partial charge in [-0.05, 0) is 50.4 Å². The third kappa shape index (κ3) is 36.5. The first-order valence-electron chi connectivity index (χ1n) is 22.4. The summed E-state index contributed by atoms with van der Waals surface area (Å²) in [5.41, 5.74) is 0. The van der Waals surface area contributed by atoms with E-state index in [0.29, 0.717) is 37.9 Å². The van der Waals surface area contributed by atoms with Crippen LogP contribution in [0.2, 0.25) is 0 Å². The molecule has 0 aliphatic heterocycles. The average Bonchev–Trinajstić information content (AvgIpc) is 3.10. The van der Waals surface area contributed by atoms with Crippen molar-refractivity contribution in [2.75, 3.05) is 13.2 Å². The van der Waals surface area contributed by atoms with Crippen molar-refractivity contribution < 1.29 is 19.1 Å². The van der Waals surface area contributed by atoms with E-state index in [1.165, 1.54) is 186 Å². The monoisotopic (exact) mass is 693 g/mol. The van der Waals surface area contributed by atoms with E-state index in [1.54, 1.807) is 0 Å². The Morgan fingerprint density at radius 1 is 0.327 bits per heavy atom. The van der Waals surface area contributed by atoms with Crippen molar-refractivity contribution >= 4 is 11.9 Å². The zero-order valence-corrected chi connectivity index (χ0v) is 34.0. The Balaban J connectivity index is 3.90. The molecule has 0 aromatic carbocycles.